The Morgan fingerprint density at radius 2 is 1.87 bits per heavy atom. The van der Waals surface area contributed by atoms with Gasteiger partial charge in [0.25, 0.3) is 5.91 Å². The standard InChI is InChI=1S/C24H21BrN2O3/c1-14-10-16(3)23(19(25)11-14)29-13-22(28)26-17-8-9-21-20(12-17)27-24(30-21)18-7-5-4-6-15(18)2/h4-12H,13H2,1-3H3,(H,26,28). The van der Waals surface area contributed by atoms with Gasteiger partial charge in [0.2, 0.25) is 5.89 Å². The zero-order valence-corrected chi connectivity index (χ0v) is 18.5. The third kappa shape index (κ3) is 4.24. The summed E-state index contributed by atoms with van der Waals surface area (Å²) >= 11 is 3.49. The molecule has 0 spiro atoms. The molecular weight excluding hydrogens is 444 g/mol. The lowest BCUT2D eigenvalue weighted by Crippen LogP contribution is -2.20. The number of carbonyl (C=O) groups is 1. The fourth-order valence-corrected chi connectivity index (χ4v) is 4.14. The molecule has 1 N–H and O–H groups in total. The van der Waals surface area contributed by atoms with Crippen molar-refractivity contribution >= 4 is 38.6 Å². The van der Waals surface area contributed by atoms with Crippen molar-refractivity contribution in [3.05, 3.63) is 75.8 Å². The van der Waals surface area contributed by atoms with Crippen LogP contribution in [0.2, 0.25) is 0 Å². The lowest BCUT2D eigenvalue weighted by Gasteiger charge is -2.12. The molecule has 30 heavy (non-hydrogen) atoms. The first kappa shape index (κ1) is 20.2. The molecule has 0 aliphatic rings. The van der Waals surface area contributed by atoms with Crippen molar-refractivity contribution in [1.29, 1.82) is 0 Å². The predicted octanol–water partition coefficient (Wildman–Crippen LogP) is 6.20. The van der Waals surface area contributed by atoms with Crippen LogP contribution >= 0.6 is 15.9 Å². The van der Waals surface area contributed by atoms with Crippen LogP contribution in [-0.2, 0) is 4.79 Å². The van der Waals surface area contributed by atoms with Gasteiger partial charge in [0.05, 0.1) is 4.47 Å². The average Bonchev–Trinajstić information content (AvgIpc) is 3.10. The van der Waals surface area contributed by atoms with Crippen molar-refractivity contribution in [2.45, 2.75) is 20.8 Å². The summed E-state index contributed by atoms with van der Waals surface area (Å²) in [6, 6.07) is 17.3. The average molecular weight is 465 g/mol. The number of hydrogen-bond donors (Lipinski definition) is 1. The summed E-state index contributed by atoms with van der Waals surface area (Å²) in [4.78, 5) is 17.0. The van der Waals surface area contributed by atoms with Crippen LogP contribution in [0.5, 0.6) is 5.75 Å². The fourth-order valence-electron chi connectivity index (χ4n) is 3.35. The number of ether oxygens (including phenoxy) is 1. The highest BCUT2D eigenvalue weighted by atomic mass is 79.9. The molecule has 4 aromatic rings. The molecule has 0 saturated carbocycles. The number of nitrogens with one attached hydrogen (secondary N) is 1. The van der Waals surface area contributed by atoms with E-state index in [0.717, 1.165) is 26.7 Å². The van der Waals surface area contributed by atoms with Crippen LogP contribution < -0.4 is 10.1 Å². The minimum absolute atomic E-state index is 0.0895. The topological polar surface area (TPSA) is 64.4 Å². The molecule has 0 radical (unpaired) electrons. The summed E-state index contributed by atoms with van der Waals surface area (Å²) in [7, 11) is 0. The molecule has 3 aromatic carbocycles. The number of aromatic nitrogens is 1. The van der Waals surface area contributed by atoms with Crippen LogP contribution in [0.15, 0.2) is 63.5 Å². The zero-order chi connectivity index (χ0) is 21.3. The number of fused-ring (bicyclic) bond motifs is 1. The van der Waals surface area contributed by atoms with E-state index in [2.05, 4.69) is 26.2 Å². The Labute approximate surface area is 183 Å². The van der Waals surface area contributed by atoms with E-state index >= 15 is 0 Å². The predicted molar refractivity (Wildman–Crippen MR) is 122 cm³/mol. The van der Waals surface area contributed by atoms with Gasteiger partial charge in [-0.3, -0.25) is 4.79 Å². The molecule has 4 rings (SSSR count). The Morgan fingerprint density at radius 3 is 2.63 bits per heavy atom. The van der Waals surface area contributed by atoms with E-state index in [1.54, 1.807) is 18.2 Å². The molecular formula is C24H21BrN2O3. The molecule has 0 atom stereocenters. The SMILES string of the molecule is Cc1cc(C)c(OCC(=O)Nc2ccc3oc(-c4ccccc4C)nc3c2)c(Br)c1. The van der Waals surface area contributed by atoms with Crippen molar-refractivity contribution < 1.29 is 13.9 Å². The van der Waals surface area contributed by atoms with Crippen LogP contribution in [-0.4, -0.2) is 17.5 Å². The highest BCUT2D eigenvalue weighted by molar-refractivity contribution is 9.10. The number of nitrogens with zero attached hydrogens (tertiary/aromatic N) is 1. The van der Waals surface area contributed by atoms with Crippen LogP contribution in [0, 0.1) is 20.8 Å². The zero-order valence-electron chi connectivity index (χ0n) is 17.0. The van der Waals surface area contributed by atoms with Crippen LogP contribution in [0.4, 0.5) is 5.69 Å². The molecule has 5 nitrogen and oxygen atoms in total. The van der Waals surface area contributed by atoms with Gasteiger partial charge in [-0.15, -0.1) is 0 Å². The first-order valence-corrected chi connectivity index (χ1v) is 10.4. The molecule has 1 amide bonds. The van der Waals surface area contributed by atoms with Gasteiger partial charge in [-0.25, -0.2) is 4.98 Å². The van der Waals surface area contributed by atoms with Crippen molar-refractivity contribution in [3.63, 3.8) is 0 Å². The lowest BCUT2D eigenvalue weighted by molar-refractivity contribution is -0.118. The Balaban J connectivity index is 1.47. The molecule has 0 aliphatic heterocycles. The Bertz CT molecular complexity index is 1220. The molecule has 0 saturated heterocycles. The van der Waals surface area contributed by atoms with Gasteiger partial charge in [0.15, 0.2) is 12.2 Å². The number of aryl methyl sites for hydroxylation is 3. The molecule has 0 fully saturated rings. The molecule has 1 heterocycles. The van der Waals surface area contributed by atoms with E-state index in [1.807, 2.05) is 57.2 Å². The minimum atomic E-state index is -0.246. The third-order valence-corrected chi connectivity index (χ3v) is 5.36. The van der Waals surface area contributed by atoms with Crippen LogP contribution in [0.1, 0.15) is 16.7 Å². The number of anilines is 1. The summed E-state index contributed by atoms with van der Waals surface area (Å²) in [5, 5.41) is 2.85. The van der Waals surface area contributed by atoms with E-state index < -0.39 is 0 Å². The number of amides is 1. The van der Waals surface area contributed by atoms with Gasteiger partial charge in [0, 0.05) is 11.3 Å². The maximum Gasteiger partial charge on any atom is 0.262 e. The number of halogens is 1. The molecule has 6 heteroatoms. The lowest BCUT2D eigenvalue weighted by atomic mass is 10.1. The second kappa shape index (κ2) is 8.32. The number of carbonyl (C=O) groups excluding carboxylic acids is 1. The Morgan fingerprint density at radius 1 is 1.07 bits per heavy atom. The van der Waals surface area contributed by atoms with Gasteiger partial charge in [0.1, 0.15) is 11.3 Å². The minimum Gasteiger partial charge on any atom is -0.482 e. The van der Waals surface area contributed by atoms with Gasteiger partial charge in [-0.05, 0) is 83.7 Å². The quantitative estimate of drug-likeness (QED) is 0.381. The number of rotatable bonds is 5. The summed E-state index contributed by atoms with van der Waals surface area (Å²) in [6.07, 6.45) is 0. The number of hydrogen-bond acceptors (Lipinski definition) is 4. The van der Waals surface area contributed by atoms with E-state index in [-0.39, 0.29) is 12.5 Å². The van der Waals surface area contributed by atoms with Gasteiger partial charge in [-0.1, -0.05) is 24.3 Å². The van der Waals surface area contributed by atoms with Crippen LogP contribution in [0.25, 0.3) is 22.6 Å². The Hall–Kier alpha value is -3.12. The smallest absolute Gasteiger partial charge is 0.262 e. The van der Waals surface area contributed by atoms with E-state index in [4.69, 9.17) is 9.15 Å². The third-order valence-electron chi connectivity index (χ3n) is 4.77. The molecule has 0 aliphatic carbocycles. The van der Waals surface area contributed by atoms with E-state index in [9.17, 15) is 4.79 Å². The highest BCUT2D eigenvalue weighted by Gasteiger charge is 2.13. The Kier molecular flexibility index (Phi) is 5.59. The second-order valence-corrected chi connectivity index (χ2v) is 8.10. The largest absolute Gasteiger partial charge is 0.482 e. The van der Waals surface area contributed by atoms with Crippen molar-refractivity contribution in [2.75, 3.05) is 11.9 Å². The summed E-state index contributed by atoms with van der Waals surface area (Å²) in [5.41, 5.74) is 6.13. The van der Waals surface area contributed by atoms with Gasteiger partial charge < -0.3 is 14.5 Å². The molecule has 0 unspecified atom stereocenters. The van der Waals surface area contributed by atoms with E-state index in [0.29, 0.717) is 28.4 Å². The van der Waals surface area contributed by atoms with Gasteiger partial charge >= 0.3 is 0 Å². The maximum absolute atomic E-state index is 12.4. The molecule has 1 aromatic heterocycles. The summed E-state index contributed by atoms with van der Waals surface area (Å²) in [6.45, 7) is 5.89. The highest BCUT2D eigenvalue weighted by Crippen LogP contribution is 2.30. The van der Waals surface area contributed by atoms with Crippen LogP contribution in [0.3, 0.4) is 0 Å². The second-order valence-electron chi connectivity index (χ2n) is 7.25. The number of oxazole rings is 1. The molecule has 0 bridgehead atoms. The van der Waals surface area contributed by atoms with Crippen molar-refractivity contribution in [1.82, 2.24) is 4.98 Å². The monoisotopic (exact) mass is 464 g/mol. The van der Waals surface area contributed by atoms with Gasteiger partial charge in [-0.2, -0.15) is 0 Å². The fraction of sp³-hybridized carbons (Fsp3) is 0.167. The summed E-state index contributed by atoms with van der Waals surface area (Å²) < 4.78 is 12.4. The first-order valence-electron chi connectivity index (χ1n) is 9.57. The summed E-state index contributed by atoms with van der Waals surface area (Å²) in [5.74, 6) is 0.990. The molecule has 152 valence electrons. The number of benzene rings is 3. The normalized spacial score (nSPS) is 10.9. The van der Waals surface area contributed by atoms with Crippen molar-refractivity contribution in [3.8, 4) is 17.2 Å². The van der Waals surface area contributed by atoms with Crippen molar-refractivity contribution in [2.24, 2.45) is 0 Å². The maximum atomic E-state index is 12.4. The first-order chi connectivity index (χ1) is 14.4. The van der Waals surface area contributed by atoms with E-state index in [1.165, 1.54) is 0 Å².